The summed E-state index contributed by atoms with van der Waals surface area (Å²) in [6.45, 7) is 8.21. The van der Waals surface area contributed by atoms with E-state index in [-0.39, 0.29) is 24.4 Å². The molecule has 2 aromatic heterocycles. The molecule has 0 fully saturated rings. The highest BCUT2D eigenvalue weighted by Gasteiger charge is 2.28. The number of thiazole rings is 1. The molecule has 36 heavy (non-hydrogen) atoms. The van der Waals surface area contributed by atoms with Gasteiger partial charge in [-0.3, -0.25) is 4.21 Å². The maximum absolute atomic E-state index is 13.2. The van der Waals surface area contributed by atoms with Crippen LogP contribution in [0, 0.1) is 11.7 Å². The van der Waals surface area contributed by atoms with E-state index in [1.54, 1.807) is 12.1 Å². The first kappa shape index (κ1) is 26.4. The van der Waals surface area contributed by atoms with E-state index in [4.69, 9.17) is 9.97 Å². The summed E-state index contributed by atoms with van der Waals surface area (Å²) in [6, 6.07) is 6.13. The van der Waals surface area contributed by atoms with Crippen molar-refractivity contribution in [2.75, 3.05) is 47.5 Å². The third-order valence-corrected chi connectivity index (χ3v) is 8.34. The van der Waals surface area contributed by atoms with E-state index >= 15 is 0 Å². The lowest BCUT2D eigenvalue weighted by Gasteiger charge is -2.26. The van der Waals surface area contributed by atoms with Crippen LogP contribution < -0.4 is 15.5 Å². The molecule has 1 aliphatic heterocycles. The molecule has 0 aliphatic carbocycles. The number of halogens is 1. The van der Waals surface area contributed by atoms with Crippen LogP contribution in [0.2, 0.25) is 0 Å². The van der Waals surface area contributed by atoms with Gasteiger partial charge in [0.25, 0.3) is 0 Å². The van der Waals surface area contributed by atoms with E-state index in [0.29, 0.717) is 41.9 Å². The molecule has 194 valence electrons. The summed E-state index contributed by atoms with van der Waals surface area (Å²) < 4.78 is 25.9. The highest BCUT2D eigenvalue weighted by atomic mass is 32.2. The average molecular weight is 533 g/mol. The van der Waals surface area contributed by atoms with Gasteiger partial charge in [-0.25, -0.2) is 14.4 Å². The molecule has 0 bridgehead atoms. The van der Waals surface area contributed by atoms with E-state index < -0.39 is 10.8 Å². The predicted molar refractivity (Wildman–Crippen MR) is 145 cm³/mol. The minimum absolute atomic E-state index is 0.0330. The van der Waals surface area contributed by atoms with Crippen molar-refractivity contribution in [3.63, 3.8) is 0 Å². The van der Waals surface area contributed by atoms with Crippen molar-refractivity contribution in [1.29, 1.82) is 0 Å². The highest BCUT2D eigenvalue weighted by molar-refractivity contribution is 7.85. The molecule has 1 aliphatic rings. The Morgan fingerprint density at radius 2 is 1.97 bits per heavy atom. The molecule has 3 aromatic rings. The number of anilines is 3. The molecular weight excluding hydrogens is 499 g/mol. The molecule has 8 nitrogen and oxygen atoms in total. The molecule has 3 heterocycles. The second kappa shape index (κ2) is 12.1. The molecule has 0 saturated heterocycles. The van der Waals surface area contributed by atoms with Crippen LogP contribution in [0.5, 0.6) is 0 Å². The number of aryl methyl sites for hydroxylation is 1. The van der Waals surface area contributed by atoms with Crippen LogP contribution in [-0.2, 0) is 17.2 Å². The summed E-state index contributed by atoms with van der Waals surface area (Å²) >= 11 is 1.51. The number of benzene rings is 1. The molecule has 0 saturated carbocycles. The first-order chi connectivity index (χ1) is 17.4. The molecule has 0 radical (unpaired) electrons. The maximum atomic E-state index is 13.2. The number of aliphatic hydroxyl groups is 1. The first-order valence-electron chi connectivity index (χ1n) is 12.3. The van der Waals surface area contributed by atoms with Gasteiger partial charge in [-0.2, -0.15) is 4.98 Å². The number of rotatable bonds is 12. The number of fused-ring (bicyclic) bond motifs is 1. The summed E-state index contributed by atoms with van der Waals surface area (Å²) in [4.78, 5) is 17.0. The second-order valence-electron chi connectivity index (χ2n) is 9.08. The minimum atomic E-state index is -1.14. The zero-order valence-electron chi connectivity index (χ0n) is 20.8. The normalized spacial score (nSPS) is 15.7. The van der Waals surface area contributed by atoms with Crippen molar-refractivity contribution in [3.05, 3.63) is 41.2 Å². The van der Waals surface area contributed by atoms with Crippen molar-refractivity contribution in [2.45, 2.75) is 44.6 Å². The standard InChI is InChI=1S/C25H33FN6O2S2/c1-4-11-32(12-10-27-25-30-21(15-35-25)17-5-7-18(26)8-6-17)24-29-19-9-13-36(34)22(19)23(31-24)28-20(14-33)16(2)3/h5-8,15-16,20,33H,4,9-14H2,1-3H3,(H,27,30)(H,28,29,31). The molecular formula is C25H33FN6O2S2. The summed E-state index contributed by atoms with van der Waals surface area (Å²) in [5.41, 5.74) is 2.50. The van der Waals surface area contributed by atoms with Gasteiger partial charge in [-0.1, -0.05) is 20.8 Å². The fraction of sp³-hybridized carbons (Fsp3) is 0.480. The first-order valence-corrected chi connectivity index (χ1v) is 14.5. The Kier molecular flexibility index (Phi) is 8.86. The number of nitrogens with zero attached hydrogens (tertiary/aromatic N) is 4. The largest absolute Gasteiger partial charge is 0.394 e. The van der Waals surface area contributed by atoms with Crippen LogP contribution in [0.15, 0.2) is 34.5 Å². The molecule has 3 N–H and O–H groups in total. The lowest BCUT2D eigenvalue weighted by atomic mass is 10.1. The third kappa shape index (κ3) is 6.19. The Morgan fingerprint density at radius 1 is 1.19 bits per heavy atom. The summed E-state index contributed by atoms with van der Waals surface area (Å²) in [7, 11) is -1.14. The summed E-state index contributed by atoms with van der Waals surface area (Å²) in [5, 5.41) is 19.3. The van der Waals surface area contributed by atoms with E-state index in [9.17, 15) is 13.7 Å². The Balaban J connectivity index is 1.48. The van der Waals surface area contributed by atoms with Crippen molar-refractivity contribution in [1.82, 2.24) is 15.0 Å². The van der Waals surface area contributed by atoms with Crippen LogP contribution in [0.4, 0.5) is 21.3 Å². The van der Waals surface area contributed by atoms with E-state index in [0.717, 1.165) is 35.0 Å². The quantitative estimate of drug-likeness (QED) is 0.320. The van der Waals surface area contributed by atoms with Crippen molar-refractivity contribution in [3.8, 4) is 11.3 Å². The van der Waals surface area contributed by atoms with Gasteiger partial charge < -0.3 is 20.6 Å². The van der Waals surface area contributed by atoms with Gasteiger partial charge in [0.1, 0.15) is 16.5 Å². The second-order valence-corrected chi connectivity index (χ2v) is 11.4. The summed E-state index contributed by atoms with van der Waals surface area (Å²) in [6.07, 6.45) is 1.58. The average Bonchev–Trinajstić information content (AvgIpc) is 3.49. The molecule has 1 aromatic carbocycles. The molecule has 4 rings (SSSR count). The number of aliphatic hydroxyl groups excluding tert-OH is 1. The SMILES string of the molecule is CCCN(CCNc1nc(-c2ccc(F)cc2)cs1)c1nc2c(c(NC(CO)C(C)C)n1)S(=O)CC2. The zero-order chi connectivity index (χ0) is 25.7. The van der Waals surface area contributed by atoms with Crippen molar-refractivity contribution < 1.29 is 13.7 Å². The van der Waals surface area contributed by atoms with Crippen LogP contribution in [-0.4, -0.2) is 62.3 Å². The Labute approximate surface area is 217 Å². The Hall–Kier alpha value is -2.63. The van der Waals surface area contributed by atoms with Crippen LogP contribution >= 0.6 is 11.3 Å². The van der Waals surface area contributed by atoms with Crippen molar-refractivity contribution in [2.24, 2.45) is 5.92 Å². The molecule has 0 spiro atoms. The van der Waals surface area contributed by atoms with Gasteiger partial charge in [0.15, 0.2) is 5.13 Å². The van der Waals surface area contributed by atoms with Gasteiger partial charge in [-0.05, 0) is 36.6 Å². The Bertz CT molecular complexity index is 1190. The van der Waals surface area contributed by atoms with E-state index in [1.807, 2.05) is 19.2 Å². The van der Waals surface area contributed by atoms with Gasteiger partial charge >= 0.3 is 0 Å². The van der Waals surface area contributed by atoms with Gasteiger partial charge in [-0.15, -0.1) is 11.3 Å². The lowest BCUT2D eigenvalue weighted by Crippen LogP contribution is -2.33. The Morgan fingerprint density at radius 3 is 2.67 bits per heavy atom. The fourth-order valence-electron chi connectivity index (χ4n) is 4.01. The van der Waals surface area contributed by atoms with E-state index in [1.165, 1.54) is 23.5 Å². The van der Waals surface area contributed by atoms with Gasteiger partial charge in [0, 0.05) is 42.8 Å². The van der Waals surface area contributed by atoms with Crippen LogP contribution in [0.1, 0.15) is 32.9 Å². The minimum Gasteiger partial charge on any atom is -0.394 e. The number of nitrogens with one attached hydrogen (secondary N) is 2. The lowest BCUT2D eigenvalue weighted by molar-refractivity contribution is 0.249. The zero-order valence-corrected chi connectivity index (χ0v) is 22.5. The molecule has 2 atom stereocenters. The van der Waals surface area contributed by atoms with Gasteiger partial charge in [0.05, 0.1) is 34.8 Å². The fourth-order valence-corrected chi connectivity index (χ4v) is 6.07. The topological polar surface area (TPSA) is 103 Å². The summed E-state index contributed by atoms with van der Waals surface area (Å²) in [5.74, 6) is 1.64. The third-order valence-electron chi connectivity index (χ3n) is 6.08. The predicted octanol–water partition coefficient (Wildman–Crippen LogP) is 4.16. The maximum Gasteiger partial charge on any atom is 0.227 e. The van der Waals surface area contributed by atoms with E-state index in [2.05, 4.69) is 27.4 Å². The number of hydrogen-bond acceptors (Lipinski definition) is 9. The monoisotopic (exact) mass is 532 g/mol. The van der Waals surface area contributed by atoms with Crippen LogP contribution in [0.3, 0.4) is 0 Å². The van der Waals surface area contributed by atoms with Gasteiger partial charge in [0.2, 0.25) is 5.95 Å². The number of aromatic nitrogens is 3. The van der Waals surface area contributed by atoms with Crippen LogP contribution in [0.25, 0.3) is 11.3 Å². The highest BCUT2D eigenvalue weighted by Crippen LogP contribution is 2.31. The van der Waals surface area contributed by atoms with Crippen molar-refractivity contribution >= 4 is 39.0 Å². The smallest absolute Gasteiger partial charge is 0.227 e. The molecule has 11 heteroatoms. The molecule has 0 amide bonds. The molecule has 2 unspecified atom stereocenters. The number of hydrogen-bond donors (Lipinski definition) is 3.